The predicted molar refractivity (Wildman–Crippen MR) is 59.7 cm³/mol. The third kappa shape index (κ3) is 1.89. The van der Waals surface area contributed by atoms with Gasteiger partial charge in [-0.3, -0.25) is 4.79 Å². The second kappa shape index (κ2) is 3.67. The molecule has 3 aliphatic rings. The molecule has 4 heteroatoms. The summed E-state index contributed by atoms with van der Waals surface area (Å²) in [6.07, 6.45) is 4.28. The van der Waals surface area contributed by atoms with E-state index in [9.17, 15) is 4.79 Å². The molecule has 0 N–H and O–H groups in total. The van der Waals surface area contributed by atoms with Crippen molar-refractivity contribution >= 4 is 17.7 Å². The molecule has 2 aliphatic heterocycles. The molecule has 0 atom stereocenters. The van der Waals surface area contributed by atoms with Crippen LogP contribution in [0.1, 0.15) is 25.7 Å². The SMILES string of the molecule is O=C(C1CC1)N1CCC2(CC1)OCCS2. The van der Waals surface area contributed by atoms with E-state index in [-0.39, 0.29) is 4.93 Å². The van der Waals surface area contributed by atoms with Crippen molar-refractivity contribution in [1.29, 1.82) is 0 Å². The van der Waals surface area contributed by atoms with Gasteiger partial charge in [-0.1, -0.05) is 0 Å². The van der Waals surface area contributed by atoms with Gasteiger partial charge in [-0.05, 0) is 12.8 Å². The topological polar surface area (TPSA) is 29.5 Å². The molecule has 1 aliphatic carbocycles. The molecular formula is C11H17NO2S. The van der Waals surface area contributed by atoms with Crippen LogP contribution in [0.3, 0.4) is 0 Å². The van der Waals surface area contributed by atoms with Crippen LogP contribution in [0.5, 0.6) is 0 Å². The minimum absolute atomic E-state index is 0.0698. The first-order valence-corrected chi connectivity index (χ1v) is 6.84. The summed E-state index contributed by atoms with van der Waals surface area (Å²) in [7, 11) is 0. The van der Waals surface area contributed by atoms with Gasteiger partial charge in [0.05, 0.1) is 6.61 Å². The zero-order valence-corrected chi connectivity index (χ0v) is 9.72. The molecule has 0 aromatic heterocycles. The van der Waals surface area contributed by atoms with Gasteiger partial charge in [0.25, 0.3) is 0 Å². The molecule has 3 nitrogen and oxygen atoms in total. The molecule has 2 saturated heterocycles. The van der Waals surface area contributed by atoms with Crippen molar-refractivity contribution < 1.29 is 9.53 Å². The first-order chi connectivity index (χ1) is 7.29. The second-order valence-electron chi connectivity index (χ2n) is 4.71. The lowest BCUT2D eigenvalue weighted by molar-refractivity contribution is -0.135. The molecule has 3 rings (SSSR count). The van der Waals surface area contributed by atoms with Crippen molar-refractivity contribution in [3.8, 4) is 0 Å². The Labute approximate surface area is 94.5 Å². The van der Waals surface area contributed by atoms with E-state index in [2.05, 4.69) is 0 Å². The summed E-state index contributed by atoms with van der Waals surface area (Å²) >= 11 is 1.94. The van der Waals surface area contributed by atoms with Crippen LogP contribution in [0.15, 0.2) is 0 Å². The van der Waals surface area contributed by atoms with Gasteiger partial charge in [-0.2, -0.15) is 0 Å². The fourth-order valence-electron chi connectivity index (χ4n) is 2.44. The minimum Gasteiger partial charge on any atom is -0.363 e. The number of piperidine rings is 1. The van der Waals surface area contributed by atoms with Crippen LogP contribution in [-0.2, 0) is 9.53 Å². The van der Waals surface area contributed by atoms with Crippen LogP contribution in [0, 0.1) is 5.92 Å². The number of carbonyl (C=O) groups is 1. The molecular weight excluding hydrogens is 210 g/mol. The summed E-state index contributed by atoms with van der Waals surface area (Å²) in [6.45, 7) is 2.70. The van der Waals surface area contributed by atoms with E-state index in [1.54, 1.807) is 0 Å². The van der Waals surface area contributed by atoms with Crippen molar-refractivity contribution in [3.63, 3.8) is 0 Å². The molecule has 0 aromatic rings. The zero-order chi connectivity index (χ0) is 10.3. The molecule has 0 unspecified atom stereocenters. The highest BCUT2D eigenvalue weighted by Crippen LogP contribution is 2.42. The van der Waals surface area contributed by atoms with E-state index in [0.717, 1.165) is 51.1 Å². The molecule has 15 heavy (non-hydrogen) atoms. The first-order valence-electron chi connectivity index (χ1n) is 5.86. The smallest absolute Gasteiger partial charge is 0.225 e. The van der Waals surface area contributed by atoms with E-state index >= 15 is 0 Å². The Kier molecular flexibility index (Phi) is 2.44. The third-order valence-corrected chi connectivity index (χ3v) is 5.00. The van der Waals surface area contributed by atoms with Crippen molar-refractivity contribution in [2.24, 2.45) is 5.92 Å². The van der Waals surface area contributed by atoms with E-state index < -0.39 is 0 Å². The number of hydrogen-bond acceptors (Lipinski definition) is 3. The van der Waals surface area contributed by atoms with E-state index in [0.29, 0.717) is 11.8 Å². The molecule has 1 amide bonds. The maximum atomic E-state index is 11.8. The highest BCUT2D eigenvalue weighted by Gasteiger charge is 2.42. The number of ether oxygens (including phenoxy) is 1. The number of nitrogens with zero attached hydrogens (tertiary/aromatic N) is 1. The Morgan fingerprint density at radius 1 is 1.33 bits per heavy atom. The molecule has 1 spiro atoms. The summed E-state index contributed by atoms with van der Waals surface area (Å²) in [4.78, 5) is 14.0. The summed E-state index contributed by atoms with van der Waals surface area (Å²) < 4.78 is 5.81. The van der Waals surface area contributed by atoms with E-state index in [1.807, 2.05) is 16.7 Å². The number of thioether (sulfide) groups is 1. The lowest BCUT2D eigenvalue weighted by Gasteiger charge is -2.37. The van der Waals surface area contributed by atoms with Gasteiger partial charge in [0, 0.05) is 37.6 Å². The summed E-state index contributed by atoms with van der Waals surface area (Å²) in [6, 6.07) is 0. The van der Waals surface area contributed by atoms with Crippen LogP contribution in [0.25, 0.3) is 0 Å². The van der Waals surface area contributed by atoms with E-state index in [1.165, 1.54) is 0 Å². The van der Waals surface area contributed by atoms with Crippen molar-refractivity contribution in [1.82, 2.24) is 4.90 Å². The quantitative estimate of drug-likeness (QED) is 0.679. The fraction of sp³-hybridized carbons (Fsp3) is 0.909. The van der Waals surface area contributed by atoms with Gasteiger partial charge in [0.15, 0.2) is 0 Å². The van der Waals surface area contributed by atoms with Gasteiger partial charge >= 0.3 is 0 Å². The van der Waals surface area contributed by atoms with Crippen LogP contribution in [0.4, 0.5) is 0 Å². The van der Waals surface area contributed by atoms with Crippen LogP contribution in [-0.4, -0.2) is 41.2 Å². The molecule has 0 aromatic carbocycles. The van der Waals surface area contributed by atoms with Gasteiger partial charge in [0.1, 0.15) is 4.93 Å². The van der Waals surface area contributed by atoms with Crippen molar-refractivity contribution in [3.05, 3.63) is 0 Å². The fourth-order valence-corrected chi connectivity index (χ4v) is 3.62. The normalized spacial score (nSPS) is 29.7. The standard InChI is InChI=1S/C11H17NO2S/c13-10(9-1-2-9)12-5-3-11(4-6-12)14-7-8-15-11/h9H,1-8H2. The van der Waals surface area contributed by atoms with Gasteiger partial charge in [-0.25, -0.2) is 0 Å². The molecule has 1 saturated carbocycles. The zero-order valence-electron chi connectivity index (χ0n) is 8.91. The molecule has 0 bridgehead atoms. The number of likely N-dealkylation sites (tertiary alicyclic amines) is 1. The van der Waals surface area contributed by atoms with Gasteiger partial charge in [0.2, 0.25) is 5.91 Å². The average molecular weight is 227 g/mol. The average Bonchev–Trinajstić information content (AvgIpc) is 3.02. The maximum Gasteiger partial charge on any atom is 0.225 e. The number of amides is 1. The Morgan fingerprint density at radius 3 is 2.60 bits per heavy atom. The van der Waals surface area contributed by atoms with Crippen LogP contribution < -0.4 is 0 Å². The monoisotopic (exact) mass is 227 g/mol. The Hall–Kier alpha value is -0.220. The Morgan fingerprint density at radius 2 is 2.07 bits per heavy atom. The summed E-state index contributed by atoms with van der Waals surface area (Å²) in [5.41, 5.74) is 0. The number of rotatable bonds is 1. The summed E-state index contributed by atoms with van der Waals surface area (Å²) in [5, 5.41) is 0. The second-order valence-corrected chi connectivity index (χ2v) is 6.15. The molecule has 2 heterocycles. The Balaban J connectivity index is 1.57. The predicted octanol–water partition coefficient (Wildman–Crippen LogP) is 1.48. The number of hydrogen-bond donors (Lipinski definition) is 0. The van der Waals surface area contributed by atoms with Crippen LogP contribution in [0.2, 0.25) is 0 Å². The lowest BCUT2D eigenvalue weighted by Crippen LogP contribution is -2.45. The lowest BCUT2D eigenvalue weighted by atomic mass is 10.1. The highest BCUT2D eigenvalue weighted by atomic mass is 32.2. The third-order valence-electron chi connectivity index (χ3n) is 3.58. The number of carbonyl (C=O) groups excluding carboxylic acids is 1. The largest absolute Gasteiger partial charge is 0.363 e. The first kappa shape index (κ1) is 9.97. The van der Waals surface area contributed by atoms with Gasteiger partial charge in [-0.15, -0.1) is 11.8 Å². The molecule has 0 radical (unpaired) electrons. The molecule has 84 valence electrons. The van der Waals surface area contributed by atoms with Crippen LogP contribution >= 0.6 is 11.8 Å². The summed E-state index contributed by atoms with van der Waals surface area (Å²) in [5.74, 6) is 1.89. The van der Waals surface area contributed by atoms with Crippen molar-refractivity contribution in [2.45, 2.75) is 30.6 Å². The molecule has 3 fully saturated rings. The van der Waals surface area contributed by atoms with Gasteiger partial charge < -0.3 is 9.64 Å². The van der Waals surface area contributed by atoms with E-state index in [4.69, 9.17) is 4.74 Å². The van der Waals surface area contributed by atoms with Crippen molar-refractivity contribution in [2.75, 3.05) is 25.4 Å². The maximum absolute atomic E-state index is 11.8. The minimum atomic E-state index is 0.0698. The Bertz CT molecular complexity index is 262. The highest BCUT2D eigenvalue weighted by molar-refractivity contribution is 8.00.